The molecule has 18 heavy (non-hydrogen) atoms. The van der Waals surface area contributed by atoms with Gasteiger partial charge in [-0.05, 0) is 11.6 Å². The Hall–Kier alpha value is -2.15. The Morgan fingerprint density at radius 1 is 1.39 bits per heavy atom. The molecule has 3 aromatic heterocycles. The van der Waals surface area contributed by atoms with E-state index in [1.54, 1.807) is 18.9 Å². The summed E-state index contributed by atoms with van der Waals surface area (Å²) in [6.07, 6.45) is 6.98. The zero-order valence-corrected chi connectivity index (χ0v) is 10.1. The summed E-state index contributed by atoms with van der Waals surface area (Å²) in [6.45, 7) is 1.50. The van der Waals surface area contributed by atoms with Crippen molar-refractivity contribution in [3.63, 3.8) is 0 Å². The van der Waals surface area contributed by atoms with Gasteiger partial charge in [0.05, 0.1) is 12.7 Å². The van der Waals surface area contributed by atoms with Gasteiger partial charge in [0, 0.05) is 25.5 Å². The van der Waals surface area contributed by atoms with E-state index in [1.165, 1.54) is 0 Å². The van der Waals surface area contributed by atoms with Crippen molar-refractivity contribution in [3.05, 3.63) is 30.3 Å². The average Bonchev–Trinajstić information content (AvgIpc) is 2.98. The molecule has 0 aliphatic rings. The highest BCUT2D eigenvalue weighted by Crippen LogP contribution is 2.18. The standard InChI is InChI=1S/C10H10ClN7/c11-10-16-8(7-9(17-10)15-5-14-7)13-2-4-18-3-1-12-6-18/h1,3,5-6H,2,4H2,(H2,13,14,15,16,17). The van der Waals surface area contributed by atoms with Crippen LogP contribution in [0.1, 0.15) is 0 Å². The number of hydrogen-bond donors (Lipinski definition) is 2. The quantitative estimate of drug-likeness (QED) is 0.694. The number of hydrogen-bond acceptors (Lipinski definition) is 5. The first-order valence-corrected chi connectivity index (χ1v) is 5.77. The lowest BCUT2D eigenvalue weighted by molar-refractivity contribution is 0.725. The number of H-pyrrole nitrogens is 1. The van der Waals surface area contributed by atoms with E-state index < -0.39 is 0 Å². The summed E-state index contributed by atoms with van der Waals surface area (Å²) < 4.78 is 1.97. The lowest BCUT2D eigenvalue weighted by Crippen LogP contribution is -2.11. The van der Waals surface area contributed by atoms with Gasteiger partial charge >= 0.3 is 0 Å². The Morgan fingerprint density at radius 3 is 3.17 bits per heavy atom. The third kappa shape index (κ3) is 2.12. The second kappa shape index (κ2) is 4.61. The van der Waals surface area contributed by atoms with Gasteiger partial charge in [-0.25, -0.2) is 9.97 Å². The molecule has 0 amide bonds. The fourth-order valence-electron chi connectivity index (χ4n) is 1.66. The third-order valence-electron chi connectivity index (χ3n) is 2.48. The summed E-state index contributed by atoms with van der Waals surface area (Å²) >= 11 is 5.83. The number of anilines is 1. The van der Waals surface area contributed by atoms with Crippen LogP contribution in [0.15, 0.2) is 25.0 Å². The molecule has 0 aliphatic carbocycles. The molecule has 3 rings (SSSR count). The van der Waals surface area contributed by atoms with E-state index in [9.17, 15) is 0 Å². The van der Waals surface area contributed by atoms with Crippen molar-refractivity contribution in [1.82, 2.24) is 29.5 Å². The van der Waals surface area contributed by atoms with Gasteiger partial charge in [-0.1, -0.05) is 0 Å². The molecule has 0 unspecified atom stereocenters. The predicted octanol–water partition coefficient (Wildman–Crippen LogP) is 1.31. The summed E-state index contributed by atoms with van der Waals surface area (Å²) in [4.78, 5) is 19.2. The molecule has 0 atom stereocenters. The Kier molecular flexibility index (Phi) is 2.81. The maximum absolute atomic E-state index is 5.83. The SMILES string of the molecule is Clc1nc(NCCn2ccnc2)c2[nH]cnc2n1. The Bertz CT molecular complexity index is 645. The van der Waals surface area contributed by atoms with Crippen molar-refractivity contribution in [3.8, 4) is 0 Å². The molecule has 0 aliphatic heterocycles. The second-order valence-electron chi connectivity index (χ2n) is 3.67. The molecule has 0 fully saturated rings. The molecule has 0 saturated carbocycles. The maximum atomic E-state index is 5.83. The topological polar surface area (TPSA) is 84.3 Å². The summed E-state index contributed by atoms with van der Waals surface area (Å²) in [7, 11) is 0. The molecule has 0 bridgehead atoms. The van der Waals surface area contributed by atoms with E-state index in [4.69, 9.17) is 11.6 Å². The van der Waals surface area contributed by atoms with E-state index in [2.05, 4.69) is 30.2 Å². The van der Waals surface area contributed by atoms with Crippen molar-refractivity contribution >= 4 is 28.6 Å². The number of fused-ring (bicyclic) bond motifs is 1. The van der Waals surface area contributed by atoms with Gasteiger partial charge in [0.2, 0.25) is 5.28 Å². The largest absolute Gasteiger partial charge is 0.366 e. The number of nitrogens with one attached hydrogen (secondary N) is 2. The summed E-state index contributed by atoms with van der Waals surface area (Å²) in [5.41, 5.74) is 1.31. The van der Waals surface area contributed by atoms with Gasteiger partial charge in [0.15, 0.2) is 11.5 Å². The van der Waals surface area contributed by atoms with Crippen LogP contribution >= 0.6 is 11.6 Å². The van der Waals surface area contributed by atoms with Crippen molar-refractivity contribution in [2.24, 2.45) is 0 Å². The number of aromatic amines is 1. The van der Waals surface area contributed by atoms with E-state index in [1.807, 2.05) is 10.8 Å². The van der Waals surface area contributed by atoms with Crippen LogP contribution in [0.5, 0.6) is 0 Å². The number of aromatic nitrogens is 6. The van der Waals surface area contributed by atoms with E-state index in [0.717, 1.165) is 12.1 Å². The lowest BCUT2D eigenvalue weighted by atomic mass is 10.4. The number of halogens is 1. The Balaban J connectivity index is 1.75. The fourth-order valence-corrected chi connectivity index (χ4v) is 1.82. The normalized spacial score (nSPS) is 10.9. The van der Waals surface area contributed by atoms with Crippen LogP contribution in [0.25, 0.3) is 11.2 Å². The van der Waals surface area contributed by atoms with Gasteiger partial charge in [0.1, 0.15) is 5.52 Å². The third-order valence-corrected chi connectivity index (χ3v) is 2.65. The first-order valence-electron chi connectivity index (χ1n) is 5.39. The predicted molar refractivity (Wildman–Crippen MR) is 67.4 cm³/mol. The van der Waals surface area contributed by atoms with Crippen LogP contribution in [0.4, 0.5) is 5.82 Å². The van der Waals surface area contributed by atoms with Gasteiger partial charge < -0.3 is 14.9 Å². The lowest BCUT2D eigenvalue weighted by Gasteiger charge is -2.06. The molecule has 0 spiro atoms. The minimum atomic E-state index is 0.180. The van der Waals surface area contributed by atoms with E-state index >= 15 is 0 Å². The average molecular weight is 264 g/mol. The molecule has 3 aromatic rings. The second-order valence-corrected chi connectivity index (χ2v) is 4.01. The van der Waals surface area contributed by atoms with Crippen LogP contribution in [0, 0.1) is 0 Å². The molecular weight excluding hydrogens is 254 g/mol. The molecule has 8 heteroatoms. The van der Waals surface area contributed by atoms with Crippen LogP contribution in [0.2, 0.25) is 5.28 Å². The fraction of sp³-hybridized carbons (Fsp3) is 0.200. The molecule has 0 radical (unpaired) electrons. The van der Waals surface area contributed by atoms with Crippen molar-refractivity contribution in [1.29, 1.82) is 0 Å². The van der Waals surface area contributed by atoms with Crippen LogP contribution < -0.4 is 5.32 Å². The first-order chi connectivity index (χ1) is 8.83. The summed E-state index contributed by atoms with van der Waals surface area (Å²) in [5, 5.41) is 3.38. The number of nitrogens with zero attached hydrogens (tertiary/aromatic N) is 5. The van der Waals surface area contributed by atoms with Crippen LogP contribution in [0.3, 0.4) is 0 Å². The molecule has 0 saturated heterocycles. The van der Waals surface area contributed by atoms with Crippen LogP contribution in [-0.4, -0.2) is 36.0 Å². The van der Waals surface area contributed by atoms with Gasteiger partial charge in [-0.3, -0.25) is 0 Å². The number of rotatable bonds is 4. The first kappa shape index (κ1) is 11.0. The number of imidazole rings is 2. The zero-order chi connectivity index (χ0) is 12.4. The zero-order valence-electron chi connectivity index (χ0n) is 9.34. The smallest absolute Gasteiger partial charge is 0.226 e. The molecule has 0 aromatic carbocycles. The van der Waals surface area contributed by atoms with E-state index in [-0.39, 0.29) is 5.28 Å². The summed E-state index contributed by atoms with van der Waals surface area (Å²) in [6, 6.07) is 0. The Morgan fingerprint density at radius 2 is 2.33 bits per heavy atom. The Labute approximate surface area is 107 Å². The van der Waals surface area contributed by atoms with Crippen molar-refractivity contribution in [2.45, 2.75) is 6.54 Å². The highest BCUT2D eigenvalue weighted by molar-refractivity contribution is 6.28. The van der Waals surface area contributed by atoms with E-state index in [0.29, 0.717) is 18.0 Å². The molecular formula is C10H10ClN7. The summed E-state index contributed by atoms with van der Waals surface area (Å²) in [5.74, 6) is 0.655. The van der Waals surface area contributed by atoms with Crippen LogP contribution in [-0.2, 0) is 6.54 Å². The van der Waals surface area contributed by atoms with Crippen molar-refractivity contribution < 1.29 is 0 Å². The molecule has 3 heterocycles. The minimum Gasteiger partial charge on any atom is -0.366 e. The van der Waals surface area contributed by atoms with Gasteiger partial charge in [0.25, 0.3) is 0 Å². The molecule has 92 valence electrons. The highest BCUT2D eigenvalue weighted by atomic mass is 35.5. The molecule has 2 N–H and O–H groups in total. The molecule has 7 nitrogen and oxygen atoms in total. The highest BCUT2D eigenvalue weighted by Gasteiger charge is 2.07. The minimum absolute atomic E-state index is 0.180. The monoisotopic (exact) mass is 263 g/mol. The van der Waals surface area contributed by atoms with Gasteiger partial charge in [-0.15, -0.1) is 0 Å². The van der Waals surface area contributed by atoms with Gasteiger partial charge in [-0.2, -0.15) is 9.97 Å². The maximum Gasteiger partial charge on any atom is 0.226 e. The van der Waals surface area contributed by atoms with Crippen molar-refractivity contribution in [2.75, 3.05) is 11.9 Å².